The lowest BCUT2D eigenvalue weighted by atomic mass is 10.0. The Morgan fingerprint density at radius 2 is 1.89 bits per heavy atom. The van der Waals surface area contributed by atoms with Crippen molar-refractivity contribution in [3.05, 3.63) is 11.6 Å². The first kappa shape index (κ1) is 14.5. The smallest absolute Gasteiger partial charge is 0.463 e. The summed E-state index contributed by atoms with van der Waals surface area (Å²) in [6.45, 7) is 1.87. The van der Waals surface area contributed by atoms with Crippen LogP contribution in [0.3, 0.4) is 0 Å². The van der Waals surface area contributed by atoms with E-state index in [9.17, 15) is 22.8 Å². The number of hydrogen-bond donors (Lipinski definition) is 0. The maximum absolute atomic E-state index is 12.2. The molecule has 0 radical (unpaired) electrons. The van der Waals surface area contributed by atoms with Crippen LogP contribution in [-0.4, -0.2) is 42.6 Å². The molecule has 18 heavy (non-hydrogen) atoms. The van der Waals surface area contributed by atoms with Gasteiger partial charge in [-0.25, -0.2) is 4.79 Å². The predicted octanol–water partition coefficient (Wildman–Crippen LogP) is 1.66. The van der Waals surface area contributed by atoms with Crippen molar-refractivity contribution >= 4 is 11.9 Å². The minimum absolute atomic E-state index is 0.0242. The normalized spacial score (nSPS) is 16.4. The van der Waals surface area contributed by atoms with Crippen LogP contribution < -0.4 is 0 Å². The van der Waals surface area contributed by atoms with Crippen molar-refractivity contribution in [1.82, 2.24) is 4.90 Å². The van der Waals surface area contributed by atoms with Gasteiger partial charge in [-0.3, -0.25) is 4.79 Å². The van der Waals surface area contributed by atoms with E-state index >= 15 is 0 Å². The predicted molar refractivity (Wildman–Crippen MR) is 56.6 cm³/mol. The van der Waals surface area contributed by atoms with Gasteiger partial charge in [0.2, 0.25) is 0 Å². The van der Waals surface area contributed by atoms with Crippen molar-refractivity contribution in [2.24, 2.45) is 0 Å². The first-order chi connectivity index (χ1) is 8.34. The summed E-state index contributed by atoms with van der Waals surface area (Å²) in [7, 11) is 0. The van der Waals surface area contributed by atoms with Gasteiger partial charge in [-0.2, -0.15) is 13.2 Å². The molecular weight excluding hydrogens is 251 g/mol. The number of ether oxygens (including phenoxy) is 1. The SMILES string of the molecule is CCOC(=O)C=C1CCN(C(=O)C(F)(F)F)CC1. The third-order valence-electron chi connectivity index (χ3n) is 2.54. The molecule has 0 unspecified atom stereocenters. The monoisotopic (exact) mass is 265 g/mol. The number of amides is 1. The molecule has 1 fully saturated rings. The largest absolute Gasteiger partial charge is 0.471 e. The highest BCUT2D eigenvalue weighted by Gasteiger charge is 2.42. The van der Waals surface area contributed by atoms with Crippen LogP contribution in [0.5, 0.6) is 0 Å². The number of piperidine rings is 1. The zero-order valence-corrected chi connectivity index (χ0v) is 9.92. The number of carbonyl (C=O) groups is 2. The number of esters is 1. The number of likely N-dealkylation sites (tertiary alicyclic amines) is 1. The lowest BCUT2D eigenvalue weighted by Crippen LogP contribution is -2.44. The van der Waals surface area contributed by atoms with Crippen LogP contribution in [0.25, 0.3) is 0 Å². The Morgan fingerprint density at radius 3 is 2.33 bits per heavy atom. The lowest BCUT2D eigenvalue weighted by molar-refractivity contribution is -0.185. The third kappa shape index (κ3) is 4.05. The first-order valence-corrected chi connectivity index (χ1v) is 5.57. The summed E-state index contributed by atoms with van der Waals surface area (Å²) in [6, 6.07) is 0. The number of carbonyl (C=O) groups excluding carboxylic acids is 2. The minimum atomic E-state index is -4.83. The molecule has 4 nitrogen and oxygen atoms in total. The Bertz CT molecular complexity index is 353. The molecule has 0 spiro atoms. The van der Waals surface area contributed by atoms with Crippen LogP contribution in [0, 0.1) is 0 Å². The van der Waals surface area contributed by atoms with Gasteiger partial charge in [0.05, 0.1) is 6.61 Å². The lowest BCUT2D eigenvalue weighted by Gasteiger charge is -2.28. The van der Waals surface area contributed by atoms with Crippen molar-refractivity contribution < 1.29 is 27.5 Å². The highest BCUT2D eigenvalue weighted by atomic mass is 19.4. The summed E-state index contributed by atoms with van der Waals surface area (Å²) in [5.74, 6) is -2.32. The minimum Gasteiger partial charge on any atom is -0.463 e. The molecule has 0 atom stereocenters. The first-order valence-electron chi connectivity index (χ1n) is 5.57. The van der Waals surface area contributed by atoms with Crippen LogP contribution in [0.15, 0.2) is 11.6 Å². The number of alkyl halides is 3. The molecule has 0 saturated carbocycles. The molecule has 0 bridgehead atoms. The van der Waals surface area contributed by atoms with E-state index in [4.69, 9.17) is 4.74 Å². The van der Waals surface area contributed by atoms with Gasteiger partial charge < -0.3 is 9.64 Å². The Morgan fingerprint density at radius 1 is 1.33 bits per heavy atom. The molecule has 0 N–H and O–H groups in total. The summed E-state index contributed by atoms with van der Waals surface area (Å²) >= 11 is 0. The van der Waals surface area contributed by atoms with Crippen LogP contribution in [0.4, 0.5) is 13.2 Å². The number of nitrogens with zero attached hydrogens (tertiary/aromatic N) is 1. The van der Waals surface area contributed by atoms with E-state index in [0.717, 1.165) is 4.90 Å². The van der Waals surface area contributed by atoms with Gasteiger partial charge in [0.25, 0.3) is 0 Å². The quantitative estimate of drug-likeness (QED) is 0.563. The molecule has 0 aromatic heterocycles. The van der Waals surface area contributed by atoms with Gasteiger partial charge in [0.15, 0.2) is 0 Å². The van der Waals surface area contributed by atoms with Gasteiger partial charge in [-0.1, -0.05) is 5.57 Å². The number of rotatable bonds is 2. The third-order valence-corrected chi connectivity index (χ3v) is 2.54. The second kappa shape index (κ2) is 5.88. The molecule has 1 amide bonds. The van der Waals surface area contributed by atoms with E-state index in [-0.39, 0.29) is 32.5 Å². The Balaban J connectivity index is 2.51. The van der Waals surface area contributed by atoms with Crippen molar-refractivity contribution in [3.8, 4) is 0 Å². The fourth-order valence-corrected chi connectivity index (χ4v) is 1.67. The average Bonchev–Trinajstić information content (AvgIpc) is 2.28. The molecule has 7 heteroatoms. The van der Waals surface area contributed by atoms with Crippen molar-refractivity contribution in [1.29, 1.82) is 0 Å². The molecule has 0 aromatic carbocycles. The van der Waals surface area contributed by atoms with Crippen molar-refractivity contribution in [2.45, 2.75) is 25.9 Å². The Labute approximate surface area is 102 Å². The van der Waals surface area contributed by atoms with E-state index < -0.39 is 18.1 Å². The van der Waals surface area contributed by atoms with Crippen molar-refractivity contribution in [2.75, 3.05) is 19.7 Å². The second-order valence-electron chi connectivity index (χ2n) is 3.84. The highest BCUT2D eigenvalue weighted by Crippen LogP contribution is 2.23. The summed E-state index contributed by atoms with van der Waals surface area (Å²) in [4.78, 5) is 22.8. The molecular formula is C11H14F3NO3. The topological polar surface area (TPSA) is 46.6 Å². The molecule has 1 aliphatic heterocycles. The van der Waals surface area contributed by atoms with E-state index in [1.165, 1.54) is 6.08 Å². The van der Waals surface area contributed by atoms with Crippen molar-refractivity contribution in [3.63, 3.8) is 0 Å². The number of halogens is 3. The maximum Gasteiger partial charge on any atom is 0.471 e. The average molecular weight is 265 g/mol. The van der Waals surface area contributed by atoms with E-state index in [0.29, 0.717) is 5.57 Å². The van der Waals surface area contributed by atoms with Gasteiger partial charge in [0.1, 0.15) is 0 Å². The van der Waals surface area contributed by atoms with Gasteiger partial charge in [-0.15, -0.1) is 0 Å². The molecule has 1 heterocycles. The van der Waals surface area contributed by atoms with Crippen LogP contribution in [0.1, 0.15) is 19.8 Å². The molecule has 1 rings (SSSR count). The zero-order valence-electron chi connectivity index (χ0n) is 9.92. The zero-order chi connectivity index (χ0) is 13.8. The second-order valence-corrected chi connectivity index (χ2v) is 3.84. The van der Waals surface area contributed by atoms with Crippen LogP contribution >= 0.6 is 0 Å². The van der Waals surface area contributed by atoms with Crippen LogP contribution in [0.2, 0.25) is 0 Å². The summed E-state index contributed by atoms with van der Waals surface area (Å²) < 4.78 is 41.2. The summed E-state index contributed by atoms with van der Waals surface area (Å²) in [6.07, 6.45) is -3.01. The molecule has 1 saturated heterocycles. The fourth-order valence-electron chi connectivity index (χ4n) is 1.67. The van der Waals surface area contributed by atoms with Gasteiger partial charge >= 0.3 is 18.1 Å². The van der Waals surface area contributed by atoms with Crippen LogP contribution in [-0.2, 0) is 14.3 Å². The van der Waals surface area contributed by atoms with Gasteiger partial charge in [0, 0.05) is 19.2 Å². The highest BCUT2D eigenvalue weighted by molar-refractivity contribution is 5.83. The standard InChI is InChI=1S/C11H14F3NO3/c1-2-18-9(16)7-8-3-5-15(6-4-8)10(17)11(12,13)14/h7H,2-6H2,1H3. The molecule has 0 aromatic rings. The molecule has 1 aliphatic rings. The van der Waals surface area contributed by atoms with E-state index in [2.05, 4.69) is 0 Å². The Hall–Kier alpha value is -1.53. The fraction of sp³-hybridized carbons (Fsp3) is 0.636. The maximum atomic E-state index is 12.2. The number of hydrogen-bond acceptors (Lipinski definition) is 3. The Kier molecular flexibility index (Phi) is 4.75. The van der Waals surface area contributed by atoms with E-state index in [1.54, 1.807) is 6.92 Å². The van der Waals surface area contributed by atoms with Gasteiger partial charge in [-0.05, 0) is 19.8 Å². The molecule has 0 aliphatic carbocycles. The van der Waals surface area contributed by atoms with E-state index in [1.807, 2.05) is 0 Å². The summed E-state index contributed by atoms with van der Waals surface area (Å²) in [5, 5.41) is 0. The summed E-state index contributed by atoms with van der Waals surface area (Å²) in [5.41, 5.74) is 0.708. The molecule has 102 valence electrons.